The smallest absolute Gasteiger partial charge is 0.471 e. The van der Waals surface area contributed by atoms with Gasteiger partial charge in [0, 0.05) is 12.0 Å². The van der Waals surface area contributed by atoms with Crippen LogP contribution in [0.4, 0.5) is 13.2 Å². The molecule has 0 aliphatic carbocycles. The lowest BCUT2D eigenvalue weighted by Crippen LogP contribution is -2.48. The molecule has 1 amide bonds. The van der Waals surface area contributed by atoms with Crippen LogP contribution in [-0.2, 0) is 11.2 Å². The highest BCUT2D eigenvalue weighted by atomic mass is 19.4. The predicted molar refractivity (Wildman–Crippen MR) is 63.7 cm³/mol. The third-order valence-corrected chi connectivity index (χ3v) is 2.87. The second kappa shape index (κ2) is 4.95. The van der Waals surface area contributed by atoms with Crippen LogP contribution in [0.15, 0.2) is 24.8 Å². The summed E-state index contributed by atoms with van der Waals surface area (Å²) in [7, 11) is 0. The Bertz CT molecular complexity index is 511. The van der Waals surface area contributed by atoms with Crippen molar-refractivity contribution in [3.8, 4) is 5.75 Å². The Hall–Kier alpha value is -1.98. The fourth-order valence-electron chi connectivity index (χ4n) is 1.98. The van der Waals surface area contributed by atoms with Crippen molar-refractivity contribution in [2.24, 2.45) is 0 Å². The second-order valence-corrected chi connectivity index (χ2v) is 4.21. The molecule has 0 spiro atoms. The molecule has 1 unspecified atom stereocenters. The molecule has 1 atom stereocenters. The largest absolute Gasteiger partial charge is 0.491 e. The molecule has 1 aliphatic heterocycles. The van der Waals surface area contributed by atoms with E-state index < -0.39 is 18.1 Å². The molecular weight excluding hydrogens is 259 g/mol. The van der Waals surface area contributed by atoms with Gasteiger partial charge in [-0.25, -0.2) is 0 Å². The van der Waals surface area contributed by atoms with Gasteiger partial charge in [0.2, 0.25) is 0 Å². The Morgan fingerprint density at radius 2 is 2.21 bits per heavy atom. The van der Waals surface area contributed by atoms with E-state index in [-0.39, 0.29) is 6.61 Å². The number of carbonyl (C=O) groups is 1. The van der Waals surface area contributed by atoms with Gasteiger partial charge in [0.25, 0.3) is 0 Å². The summed E-state index contributed by atoms with van der Waals surface area (Å²) in [6, 6.07) is 4.63. The van der Waals surface area contributed by atoms with Crippen molar-refractivity contribution in [2.75, 3.05) is 6.61 Å². The molecule has 1 aromatic carbocycles. The minimum Gasteiger partial charge on any atom is -0.491 e. The van der Waals surface area contributed by atoms with E-state index in [1.54, 1.807) is 24.3 Å². The van der Waals surface area contributed by atoms with Gasteiger partial charge < -0.3 is 10.1 Å². The molecule has 19 heavy (non-hydrogen) atoms. The summed E-state index contributed by atoms with van der Waals surface area (Å²) >= 11 is 0. The van der Waals surface area contributed by atoms with Crippen LogP contribution in [0.3, 0.4) is 0 Å². The number of halogens is 3. The number of hydrogen-bond acceptors (Lipinski definition) is 2. The summed E-state index contributed by atoms with van der Waals surface area (Å²) in [5.41, 5.74) is 1.56. The van der Waals surface area contributed by atoms with Gasteiger partial charge in [-0.15, -0.1) is 0 Å². The Morgan fingerprint density at radius 3 is 2.84 bits per heavy atom. The molecule has 0 aromatic heterocycles. The molecule has 3 nitrogen and oxygen atoms in total. The first-order valence-corrected chi connectivity index (χ1v) is 5.66. The van der Waals surface area contributed by atoms with Gasteiger partial charge in [-0.2, -0.15) is 13.2 Å². The highest BCUT2D eigenvalue weighted by molar-refractivity contribution is 5.82. The van der Waals surface area contributed by atoms with Crippen molar-refractivity contribution >= 4 is 12.0 Å². The molecule has 1 aliphatic rings. The van der Waals surface area contributed by atoms with Crippen LogP contribution in [0.5, 0.6) is 5.75 Å². The second-order valence-electron chi connectivity index (χ2n) is 4.21. The van der Waals surface area contributed by atoms with Gasteiger partial charge >= 0.3 is 12.1 Å². The normalized spacial score (nSPS) is 18.2. The molecule has 0 bridgehead atoms. The molecule has 2 rings (SSSR count). The Kier molecular flexibility index (Phi) is 3.50. The number of fused-ring (bicyclic) bond motifs is 1. The molecule has 1 aromatic rings. The summed E-state index contributed by atoms with van der Waals surface area (Å²) in [5, 5.41) is 1.93. The van der Waals surface area contributed by atoms with Crippen molar-refractivity contribution < 1.29 is 22.7 Å². The van der Waals surface area contributed by atoms with E-state index in [9.17, 15) is 18.0 Å². The summed E-state index contributed by atoms with van der Waals surface area (Å²) < 4.78 is 41.9. The molecule has 6 heteroatoms. The predicted octanol–water partition coefficient (Wildman–Crippen LogP) is 2.31. The van der Waals surface area contributed by atoms with Crippen molar-refractivity contribution in [3.05, 3.63) is 35.9 Å². The third kappa shape index (κ3) is 2.89. The minimum atomic E-state index is -4.88. The van der Waals surface area contributed by atoms with Gasteiger partial charge in [-0.05, 0) is 11.6 Å². The minimum absolute atomic E-state index is 0.0232. The number of benzene rings is 1. The van der Waals surface area contributed by atoms with E-state index in [0.29, 0.717) is 12.2 Å². The van der Waals surface area contributed by atoms with Crippen LogP contribution in [0.2, 0.25) is 0 Å². The summed E-state index contributed by atoms with van der Waals surface area (Å²) in [6.45, 7) is 3.66. The third-order valence-electron chi connectivity index (χ3n) is 2.87. The van der Waals surface area contributed by atoms with Crippen molar-refractivity contribution in [1.82, 2.24) is 5.32 Å². The van der Waals surface area contributed by atoms with Crippen LogP contribution < -0.4 is 10.1 Å². The number of alkyl halides is 3. The topological polar surface area (TPSA) is 38.3 Å². The molecule has 0 saturated carbocycles. The first-order chi connectivity index (χ1) is 8.91. The zero-order valence-corrected chi connectivity index (χ0v) is 9.96. The van der Waals surface area contributed by atoms with E-state index in [2.05, 4.69) is 6.58 Å². The Morgan fingerprint density at radius 1 is 1.47 bits per heavy atom. The average molecular weight is 271 g/mol. The highest BCUT2D eigenvalue weighted by Crippen LogP contribution is 2.28. The molecule has 0 radical (unpaired) electrons. The van der Waals surface area contributed by atoms with Crippen molar-refractivity contribution in [3.63, 3.8) is 0 Å². The maximum absolute atomic E-state index is 12.2. The summed E-state index contributed by atoms with van der Waals surface area (Å²) in [6.07, 6.45) is -2.98. The van der Waals surface area contributed by atoms with Crippen LogP contribution in [0.1, 0.15) is 11.1 Å². The first-order valence-electron chi connectivity index (χ1n) is 5.66. The monoisotopic (exact) mass is 271 g/mol. The van der Waals surface area contributed by atoms with Crippen LogP contribution in [-0.4, -0.2) is 24.7 Å². The van der Waals surface area contributed by atoms with Crippen LogP contribution in [0.25, 0.3) is 6.08 Å². The summed E-state index contributed by atoms with van der Waals surface area (Å²) in [4.78, 5) is 10.9. The summed E-state index contributed by atoms with van der Waals surface area (Å²) in [5.74, 6) is -1.32. The quantitative estimate of drug-likeness (QED) is 0.896. The van der Waals surface area contributed by atoms with Crippen molar-refractivity contribution in [2.45, 2.75) is 18.6 Å². The lowest BCUT2D eigenvalue weighted by atomic mass is 9.97. The highest BCUT2D eigenvalue weighted by Gasteiger charge is 2.40. The molecule has 1 heterocycles. The van der Waals surface area contributed by atoms with Crippen LogP contribution in [0, 0.1) is 0 Å². The van der Waals surface area contributed by atoms with Crippen LogP contribution >= 0.6 is 0 Å². The number of carbonyl (C=O) groups excluding carboxylic acids is 1. The van der Waals surface area contributed by atoms with Gasteiger partial charge in [0.15, 0.2) is 0 Å². The zero-order chi connectivity index (χ0) is 14.0. The van der Waals surface area contributed by atoms with E-state index >= 15 is 0 Å². The van der Waals surface area contributed by atoms with Gasteiger partial charge in [0.05, 0.1) is 6.04 Å². The fraction of sp³-hybridized carbons (Fsp3) is 0.308. The van der Waals surface area contributed by atoms with Gasteiger partial charge in [-0.3, -0.25) is 4.79 Å². The molecule has 1 N–H and O–H groups in total. The molecular formula is C13H12F3NO2. The standard InChI is InChI=1S/C13H12F3NO2/c1-2-8-4-3-5-11-10(8)6-9(7-19-11)17-12(18)13(14,15)16/h2-5,9H,1,6-7H2,(H,17,18). The molecule has 102 valence electrons. The van der Waals surface area contributed by atoms with E-state index in [0.717, 1.165) is 11.1 Å². The number of rotatable bonds is 2. The van der Waals surface area contributed by atoms with E-state index in [1.165, 1.54) is 0 Å². The zero-order valence-electron chi connectivity index (χ0n) is 9.96. The first kappa shape index (κ1) is 13.5. The number of amides is 1. The van der Waals surface area contributed by atoms with Crippen molar-refractivity contribution in [1.29, 1.82) is 0 Å². The fourth-order valence-corrected chi connectivity index (χ4v) is 1.98. The maximum atomic E-state index is 12.2. The molecule has 0 saturated heterocycles. The average Bonchev–Trinajstić information content (AvgIpc) is 2.36. The van der Waals surface area contributed by atoms with Gasteiger partial charge in [-0.1, -0.05) is 24.8 Å². The number of ether oxygens (including phenoxy) is 1. The SMILES string of the molecule is C=Cc1cccc2c1CC(NC(=O)C(F)(F)F)CO2. The lowest BCUT2D eigenvalue weighted by Gasteiger charge is -2.27. The Labute approximate surface area is 108 Å². The van der Waals surface area contributed by atoms with E-state index in [1.807, 2.05) is 5.32 Å². The number of nitrogens with one attached hydrogen (secondary N) is 1. The maximum Gasteiger partial charge on any atom is 0.471 e. The lowest BCUT2D eigenvalue weighted by molar-refractivity contribution is -0.174. The Balaban J connectivity index is 2.14. The molecule has 0 fully saturated rings. The van der Waals surface area contributed by atoms with E-state index in [4.69, 9.17) is 4.74 Å². The number of hydrogen-bond donors (Lipinski definition) is 1. The van der Waals surface area contributed by atoms with Gasteiger partial charge in [0.1, 0.15) is 12.4 Å².